The molecule has 182 valence electrons. The molecule has 0 fully saturated rings. The van der Waals surface area contributed by atoms with Crippen LogP contribution >= 0.6 is 0 Å². The zero-order valence-electron chi connectivity index (χ0n) is 20.9. The molecule has 0 bridgehead atoms. The number of rotatable bonds is 9. The summed E-state index contributed by atoms with van der Waals surface area (Å²) < 4.78 is 14.7. The number of ether oxygens (including phenoxy) is 1. The Morgan fingerprint density at radius 1 is 0.886 bits per heavy atom. The second-order valence-corrected chi connectivity index (χ2v) is 16.6. The maximum atomic E-state index is 12.9. The van der Waals surface area contributed by atoms with Crippen molar-refractivity contribution in [2.45, 2.75) is 44.9 Å². The van der Waals surface area contributed by atoms with E-state index in [1.807, 2.05) is 43.3 Å². The zero-order valence-corrected chi connectivity index (χ0v) is 23.6. The van der Waals surface area contributed by atoms with Crippen molar-refractivity contribution < 1.29 is 14.0 Å². The van der Waals surface area contributed by atoms with Crippen molar-refractivity contribution in [3.63, 3.8) is 0 Å². The fourth-order valence-corrected chi connectivity index (χ4v) is 11.0. The monoisotopic (exact) mass is 550 g/mol. The molecule has 0 aliphatic carbocycles. The molecule has 0 aromatic heterocycles. The van der Waals surface area contributed by atoms with Crippen LogP contribution in [0.2, 0.25) is 5.04 Å². The molecule has 4 rings (SSSR count). The number of hydrogen-bond acceptors (Lipinski definition) is 3. The molecule has 1 aliphatic rings. The molecule has 3 aromatic carbocycles. The van der Waals surface area contributed by atoms with Crippen LogP contribution in [0, 0.1) is 5.92 Å². The Labute approximate surface area is 216 Å². The van der Waals surface area contributed by atoms with Crippen molar-refractivity contribution in [1.29, 1.82) is 0 Å². The van der Waals surface area contributed by atoms with E-state index in [2.05, 4.69) is 87.5 Å². The standard InChI is InChI=1S/C30H34O3SeSi/c1-23(29(31)34-25-14-8-5-9-15-25)28-21-20-24(33-28)22-32-35(30(2,3)4,26-16-10-6-11-17-26)27-18-12-7-13-19-27/h5-21,23-24,28H,22H2,1-4H3/t23-,24-,28-/m0/s1. The van der Waals surface area contributed by atoms with Crippen LogP contribution in [0.3, 0.4) is 0 Å². The van der Waals surface area contributed by atoms with Gasteiger partial charge in [0.2, 0.25) is 0 Å². The fraction of sp³-hybridized carbons (Fsp3) is 0.300. The number of hydrogen-bond donors (Lipinski definition) is 0. The maximum absolute atomic E-state index is 12.9. The van der Waals surface area contributed by atoms with Crippen LogP contribution in [-0.4, -0.2) is 46.8 Å². The minimum atomic E-state index is -2.62. The molecule has 35 heavy (non-hydrogen) atoms. The van der Waals surface area contributed by atoms with Gasteiger partial charge in [0.15, 0.2) is 0 Å². The first kappa shape index (κ1) is 25.8. The van der Waals surface area contributed by atoms with Crippen molar-refractivity contribution in [3.05, 3.63) is 103 Å². The Morgan fingerprint density at radius 2 is 1.40 bits per heavy atom. The van der Waals surface area contributed by atoms with Gasteiger partial charge in [-0.1, -0.05) is 0 Å². The summed E-state index contributed by atoms with van der Waals surface area (Å²) in [5, 5.41) is 2.43. The van der Waals surface area contributed by atoms with E-state index in [4.69, 9.17) is 9.16 Å². The summed E-state index contributed by atoms with van der Waals surface area (Å²) in [6.07, 6.45) is 3.74. The summed E-state index contributed by atoms with van der Waals surface area (Å²) >= 11 is -0.207. The van der Waals surface area contributed by atoms with E-state index in [9.17, 15) is 4.79 Å². The average Bonchev–Trinajstić information content (AvgIpc) is 3.34. The van der Waals surface area contributed by atoms with Gasteiger partial charge >= 0.3 is 217 Å². The number of carbonyl (C=O) groups is 1. The molecule has 1 heterocycles. The molecule has 0 unspecified atom stereocenters. The predicted molar refractivity (Wildman–Crippen MR) is 147 cm³/mol. The first-order valence-electron chi connectivity index (χ1n) is 12.2. The Bertz CT molecular complexity index is 1090. The van der Waals surface area contributed by atoms with Gasteiger partial charge in [0, 0.05) is 0 Å². The molecule has 5 heteroatoms. The van der Waals surface area contributed by atoms with Gasteiger partial charge in [-0.05, 0) is 0 Å². The van der Waals surface area contributed by atoms with Crippen molar-refractivity contribution >= 4 is 42.8 Å². The average molecular weight is 550 g/mol. The Balaban J connectivity index is 1.49. The molecule has 1 aliphatic heterocycles. The van der Waals surface area contributed by atoms with E-state index in [0.717, 1.165) is 4.46 Å². The molecule has 0 radical (unpaired) electrons. The normalized spacial score (nSPS) is 19.0. The van der Waals surface area contributed by atoms with Gasteiger partial charge in [-0.3, -0.25) is 0 Å². The summed E-state index contributed by atoms with van der Waals surface area (Å²) in [5.41, 5.74) is 0. The van der Waals surface area contributed by atoms with Crippen LogP contribution < -0.4 is 14.8 Å². The van der Waals surface area contributed by atoms with E-state index < -0.39 is 8.32 Å². The Hall–Kier alpha value is -2.27. The zero-order chi connectivity index (χ0) is 24.9. The van der Waals surface area contributed by atoms with Crippen LogP contribution in [-0.2, 0) is 14.0 Å². The minimum absolute atomic E-state index is 0.0844. The SMILES string of the molecule is C[C@H](C(=O)[Se]c1ccccc1)[C@@H]1C=C[C@@H](CO[Si](c2ccccc2)(c2ccccc2)C(C)(C)C)O1. The van der Waals surface area contributed by atoms with E-state index >= 15 is 0 Å². The molecule has 0 amide bonds. The van der Waals surface area contributed by atoms with Gasteiger partial charge in [0.1, 0.15) is 0 Å². The van der Waals surface area contributed by atoms with Gasteiger partial charge in [-0.15, -0.1) is 0 Å². The quantitative estimate of drug-likeness (QED) is 0.298. The third kappa shape index (κ3) is 5.77. The Morgan fingerprint density at radius 3 is 1.91 bits per heavy atom. The second kappa shape index (κ2) is 11.2. The van der Waals surface area contributed by atoms with Crippen molar-refractivity contribution in [3.8, 4) is 0 Å². The van der Waals surface area contributed by atoms with Crippen molar-refractivity contribution in [2.75, 3.05) is 6.61 Å². The molecule has 3 aromatic rings. The van der Waals surface area contributed by atoms with Gasteiger partial charge in [0.25, 0.3) is 0 Å². The van der Waals surface area contributed by atoms with Gasteiger partial charge in [0.05, 0.1) is 0 Å². The van der Waals surface area contributed by atoms with E-state index in [0.29, 0.717) is 6.61 Å². The molecular formula is C30H34O3SeSi. The third-order valence-corrected chi connectivity index (χ3v) is 13.8. The molecule has 3 atom stereocenters. The number of benzene rings is 3. The summed E-state index contributed by atoms with van der Waals surface area (Å²) in [6, 6.07) is 31.3. The van der Waals surface area contributed by atoms with Crippen LogP contribution in [0.1, 0.15) is 27.7 Å². The molecular weight excluding hydrogens is 515 g/mol. The van der Waals surface area contributed by atoms with E-state index in [1.54, 1.807) is 0 Å². The molecule has 0 saturated heterocycles. The topological polar surface area (TPSA) is 35.5 Å². The van der Waals surface area contributed by atoms with Crippen LogP contribution in [0.5, 0.6) is 0 Å². The van der Waals surface area contributed by atoms with Gasteiger partial charge < -0.3 is 0 Å². The van der Waals surface area contributed by atoms with E-state index in [1.165, 1.54) is 10.4 Å². The predicted octanol–water partition coefficient (Wildman–Crippen LogP) is 4.08. The molecule has 0 N–H and O–H groups in total. The van der Waals surface area contributed by atoms with Crippen LogP contribution in [0.25, 0.3) is 0 Å². The van der Waals surface area contributed by atoms with Gasteiger partial charge in [-0.25, -0.2) is 0 Å². The molecule has 0 spiro atoms. The number of carbonyl (C=O) groups excluding carboxylic acids is 1. The second-order valence-electron chi connectivity index (χ2n) is 10.0. The van der Waals surface area contributed by atoms with E-state index in [-0.39, 0.29) is 42.8 Å². The first-order chi connectivity index (χ1) is 16.8. The van der Waals surface area contributed by atoms with Crippen molar-refractivity contribution in [2.24, 2.45) is 5.92 Å². The molecule has 3 nitrogen and oxygen atoms in total. The Kier molecular flexibility index (Phi) is 8.25. The van der Waals surface area contributed by atoms with Gasteiger partial charge in [-0.2, -0.15) is 0 Å². The summed E-state index contributed by atoms with van der Waals surface area (Å²) in [4.78, 5) is 12.9. The summed E-state index contributed by atoms with van der Waals surface area (Å²) in [6.45, 7) is 9.28. The molecule has 0 saturated carbocycles. The van der Waals surface area contributed by atoms with Crippen LogP contribution in [0.15, 0.2) is 103 Å². The summed E-state index contributed by atoms with van der Waals surface area (Å²) in [7, 11) is -2.62. The summed E-state index contributed by atoms with van der Waals surface area (Å²) in [5.74, 6) is -0.177. The first-order valence-corrected chi connectivity index (χ1v) is 15.8. The van der Waals surface area contributed by atoms with Crippen molar-refractivity contribution in [1.82, 2.24) is 0 Å². The van der Waals surface area contributed by atoms with Crippen LogP contribution in [0.4, 0.5) is 0 Å². The third-order valence-electron chi connectivity index (χ3n) is 6.55. The fourth-order valence-electron chi connectivity index (χ4n) is 4.71.